The molecule has 29 heavy (non-hydrogen) atoms. The summed E-state index contributed by atoms with van der Waals surface area (Å²) < 4.78 is 8.88. The number of nitrogens with zero attached hydrogens (tertiary/aromatic N) is 3. The zero-order valence-corrected chi connectivity index (χ0v) is 16.6. The summed E-state index contributed by atoms with van der Waals surface area (Å²) in [5.74, 6) is 1.22. The maximum Gasteiger partial charge on any atom is 0.277 e. The Bertz CT molecular complexity index is 1070. The lowest BCUT2D eigenvalue weighted by molar-refractivity contribution is -0.121. The van der Waals surface area contributed by atoms with Gasteiger partial charge in [-0.05, 0) is 43.4 Å². The Hall–Kier alpha value is -3.09. The van der Waals surface area contributed by atoms with Gasteiger partial charge in [-0.3, -0.25) is 9.59 Å². The van der Waals surface area contributed by atoms with Crippen LogP contribution in [0, 0.1) is 5.92 Å². The van der Waals surface area contributed by atoms with Gasteiger partial charge >= 0.3 is 0 Å². The second-order valence-corrected chi connectivity index (χ2v) is 7.54. The van der Waals surface area contributed by atoms with Gasteiger partial charge in [-0.2, -0.15) is 5.10 Å². The second kappa shape index (κ2) is 8.51. The Morgan fingerprint density at radius 2 is 2.10 bits per heavy atom. The van der Waals surface area contributed by atoms with Crippen molar-refractivity contribution in [3.63, 3.8) is 0 Å². The molecule has 1 fully saturated rings. The zero-order chi connectivity index (χ0) is 20.2. The fourth-order valence-electron chi connectivity index (χ4n) is 3.20. The van der Waals surface area contributed by atoms with Crippen molar-refractivity contribution in [3.05, 3.63) is 53.1 Å². The molecule has 1 aliphatic carbocycles. The number of carbonyl (C=O) groups is 1. The van der Waals surface area contributed by atoms with Crippen molar-refractivity contribution in [1.29, 1.82) is 0 Å². The van der Waals surface area contributed by atoms with E-state index in [1.807, 2.05) is 24.3 Å². The third-order valence-corrected chi connectivity index (χ3v) is 5.12. The van der Waals surface area contributed by atoms with Crippen molar-refractivity contribution in [2.75, 3.05) is 13.2 Å². The molecule has 4 rings (SSSR count). The maximum absolute atomic E-state index is 12.8. The van der Waals surface area contributed by atoms with Gasteiger partial charge in [-0.25, -0.2) is 4.52 Å². The number of hydrogen-bond donors (Lipinski definition) is 1. The minimum atomic E-state index is -0.239. The van der Waals surface area contributed by atoms with Crippen LogP contribution in [0.1, 0.15) is 32.6 Å². The number of fused-ring (bicyclic) bond motifs is 1. The van der Waals surface area contributed by atoms with E-state index in [9.17, 15) is 9.59 Å². The minimum Gasteiger partial charge on any atom is -0.493 e. The highest BCUT2D eigenvalue weighted by molar-refractivity contribution is 5.76. The molecular weight excluding hydrogens is 368 g/mol. The molecular formula is C22H26N4O3. The predicted molar refractivity (Wildman–Crippen MR) is 111 cm³/mol. The molecule has 2 heterocycles. The molecule has 1 saturated carbocycles. The molecule has 0 aliphatic heterocycles. The molecule has 152 valence electrons. The van der Waals surface area contributed by atoms with Gasteiger partial charge < -0.3 is 14.6 Å². The third-order valence-electron chi connectivity index (χ3n) is 5.12. The largest absolute Gasteiger partial charge is 0.493 e. The van der Waals surface area contributed by atoms with E-state index in [-0.39, 0.29) is 18.0 Å². The monoisotopic (exact) mass is 394 g/mol. The van der Waals surface area contributed by atoms with Gasteiger partial charge in [0.25, 0.3) is 5.56 Å². The molecule has 0 saturated heterocycles. The van der Waals surface area contributed by atoms with Crippen molar-refractivity contribution >= 4 is 11.4 Å². The summed E-state index contributed by atoms with van der Waals surface area (Å²) in [6, 6.07) is 9.45. The van der Waals surface area contributed by atoms with Gasteiger partial charge in [-0.1, -0.05) is 25.5 Å². The number of carbonyl (C=O) groups excluding carboxylic acids is 1. The molecule has 0 atom stereocenters. The fraction of sp³-hybridized carbons (Fsp3) is 0.409. The number of para-hydroxylation sites is 1. The second-order valence-electron chi connectivity index (χ2n) is 7.54. The van der Waals surface area contributed by atoms with Crippen LogP contribution in [-0.4, -0.2) is 33.2 Å². The van der Waals surface area contributed by atoms with Crippen LogP contribution in [0.5, 0.6) is 5.75 Å². The van der Waals surface area contributed by atoms with Crippen LogP contribution in [0.4, 0.5) is 0 Å². The number of rotatable bonds is 9. The Balaban J connectivity index is 1.57. The summed E-state index contributed by atoms with van der Waals surface area (Å²) in [5, 5.41) is 7.44. The molecule has 1 N–H and O–H groups in total. The summed E-state index contributed by atoms with van der Waals surface area (Å²) in [7, 11) is 0. The molecule has 0 bridgehead atoms. The first-order chi connectivity index (χ1) is 14.2. The Labute approximate surface area is 169 Å². The smallest absolute Gasteiger partial charge is 0.277 e. The van der Waals surface area contributed by atoms with E-state index in [2.05, 4.69) is 17.3 Å². The lowest BCUT2D eigenvalue weighted by Gasteiger charge is -2.09. The van der Waals surface area contributed by atoms with E-state index in [0.29, 0.717) is 30.3 Å². The summed E-state index contributed by atoms with van der Waals surface area (Å²) in [6.07, 6.45) is 7.70. The number of nitrogens with one attached hydrogen (secondary N) is 1. The van der Waals surface area contributed by atoms with Gasteiger partial charge in [0.2, 0.25) is 5.91 Å². The van der Waals surface area contributed by atoms with Crippen LogP contribution in [0.2, 0.25) is 0 Å². The van der Waals surface area contributed by atoms with E-state index in [1.165, 1.54) is 17.4 Å². The quantitative estimate of drug-likeness (QED) is 0.566. The van der Waals surface area contributed by atoms with E-state index < -0.39 is 0 Å². The summed E-state index contributed by atoms with van der Waals surface area (Å²) in [6.45, 7) is 3.47. The molecule has 0 spiro atoms. The van der Waals surface area contributed by atoms with Crippen LogP contribution >= 0.6 is 0 Å². The van der Waals surface area contributed by atoms with Gasteiger partial charge in [0.1, 0.15) is 17.8 Å². The fourth-order valence-corrected chi connectivity index (χ4v) is 3.20. The molecule has 1 aromatic carbocycles. The van der Waals surface area contributed by atoms with Gasteiger partial charge in [0, 0.05) is 24.5 Å². The van der Waals surface area contributed by atoms with E-state index in [4.69, 9.17) is 4.74 Å². The zero-order valence-electron chi connectivity index (χ0n) is 16.6. The normalized spacial score (nSPS) is 13.6. The maximum atomic E-state index is 12.8. The Morgan fingerprint density at radius 3 is 2.90 bits per heavy atom. The number of ether oxygens (including phenoxy) is 1. The average Bonchev–Trinajstić information content (AvgIpc) is 3.46. The highest BCUT2D eigenvalue weighted by Gasteiger charge is 2.21. The van der Waals surface area contributed by atoms with Crippen LogP contribution in [-0.2, 0) is 11.3 Å². The minimum absolute atomic E-state index is 0.0132. The SMILES string of the molecule is CCCCOc1ccccc1-c1cc2c(=O)n(CC(=O)NCC3CC3)ccn2n1. The molecule has 1 aliphatic rings. The molecule has 2 aromatic heterocycles. The van der Waals surface area contributed by atoms with Crippen molar-refractivity contribution in [3.8, 4) is 17.0 Å². The predicted octanol–water partition coefficient (Wildman–Crippen LogP) is 2.87. The van der Waals surface area contributed by atoms with E-state index >= 15 is 0 Å². The van der Waals surface area contributed by atoms with Crippen molar-refractivity contribution in [2.24, 2.45) is 5.92 Å². The van der Waals surface area contributed by atoms with Crippen molar-refractivity contribution < 1.29 is 9.53 Å². The average molecular weight is 394 g/mol. The Kier molecular flexibility index (Phi) is 5.64. The number of benzene rings is 1. The first kappa shape index (κ1) is 19.2. The lowest BCUT2D eigenvalue weighted by Crippen LogP contribution is -2.33. The Morgan fingerprint density at radius 1 is 1.28 bits per heavy atom. The van der Waals surface area contributed by atoms with E-state index in [0.717, 1.165) is 24.2 Å². The molecule has 0 unspecified atom stereocenters. The first-order valence-corrected chi connectivity index (χ1v) is 10.2. The van der Waals surface area contributed by atoms with Crippen molar-refractivity contribution in [2.45, 2.75) is 39.2 Å². The van der Waals surface area contributed by atoms with Gasteiger partial charge in [0.15, 0.2) is 0 Å². The van der Waals surface area contributed by atoms with Crippen LogP contribution in [0.3, 0.4) is 0 Å². The topological polar surface area (TPSA) is 77.6 Å². The molecule has 1 amide bonds. The van der Waals surface area contributed by atoms with Crippen LogP contribution < -0.4 is 15.6 Å². The number of unbranched alkanes of at least 4 members (excludes halogenated alkanes) is 1. The number of aromatic nitrogens is 3. The van der Waals surface area contributed by atoms with Crippen LogP contribution in [0.25, 0.3) is 16.8 Å². The summed E-state index contributed by atoms with van der Waals surface area (Å²) >= 11 is 0. The molecule has 7 nitrogen and oxygen atoms in total. The number of amides is 1. The standard InChI is InChI=1S/C22H26N4O3/c1-2-3-12-29-20-7-5-4-6-17(20)18-13-19-22(28)25(10-11-26(19)24-18)15-21(27)23-14-16-8-9-16/h4-7,10-11,13,16H,2-3,8-9,12,14-15H2,1H3,(H,23,27). The number of hydrogen-bond acceptors (Lipinski definition) is 4. The van der Waals surface area contributed by atoms with Gasteiger partial charge in [0.05, 0.1) is 12.3 Å². The lowest BCUT2D eigenvalue weighted by atomic mass is 10.1. The molecule has 0 radical (unpaired) electrons. The first-order valence-electron chi connectivity index (χ1n) is 10.2. The highest BCUT2D eigenvalue weighted by atomic mass is 16.5. The molecule has 3 aromatic rings. The highest BCUT2D eigenvalue weighted by Crippen LogP contribution is 2.29. The van der Waals surface area contributed by atoms with Gasteiger partial charge in [-0.15, -0.1) is 0 Å². The molecule has 7 heteroatoms. The summed E-state index contributed by atoms with van der Waals surface area (Å²) in [5.41, 5.74) is 1.71. The summed E-state index contributed by atoms with van der Waals surface area (Å²) in [4.78, 5) is 25.0. The van der Waals surface area contributed by atoms with E-state index in [1.54, 1.807) is 23.0 Å². The van der Waals surface area contributed by atoms with Crippen LogP contribution in [0.15, 0.2) is 47.5 Å². The third kappa shape index (κ3) is 4.50. The van der Waals surface area contributed by atoms with Crippen molar-refractivity contribution in [1.82, 2.24) is 19.5 Å².